The second-order valence-corrected chi connectivity index (χ2v) is 5.56. The van der Waals surface area contributed by atoms with Crippen molar-refractivity contribution in [3.63, 3.8) is 0 Å². The van der Waals surface area contributed by atoms with E-state index in [1.807, 2.05) is 24.3 Å². The molecule has 0 atom stereocenters. The summed E-state index contributed by atoms with van der Waals surface area (Å²) in [7, 11) is 0. The molecule has 1 heterocycles. The van der Waals surface area contributed by atoms with Crippen LogP contribution in [0.15, 0.2) is 51.5 Å². The number of hydrogen-bond donors (Lipinski definition) is 1. The van der Waals surface area contributed by atoms with E-state index in [1.165, 1.54) is 5.56 Å². The van der Waals surface area contributed by atoms with Gasteiger partial charge in [-0.1, -0.05) is 36.3 Å². The summed E-state index contributed by atoms with van der Waals surface area (Å²) in [5.74, 6) is 1.06. The Morgan fingerprint density at radius 3 is 2.48 bits per heavy atom. The lowest BCUT2D eigenvalue weighted by molar-refractivity contribution is 0.432. The van der Waals surface area contributed by atoms with Crippen molar-refractivity contribution in [2.45, 2.75) is 13.3 Å². The van der Waals surface area contributed by atoms with E-state index in [1.54, 1.807) is 6.07 Å². The first-order valence-electron chi connectivity index (χ1n) is 6.66. The Kier molecular flexibility index (Phi) is 3.75. The first-order valence-corrected chi connectivity index (χ1v) is 7.45. The van der Waals surface area contributed by atoms with Crippen LogP contribution in [-0.4, -0.2) is 10.1 Å². The van der Waals surface area contributed by atoms with Crippen molar-refractivity contribution < 1.29 is 4.52 Å². The molecule has 106 valence electrons. The van der Waals surface area contributed by atoms with Gasteiger partial charge in [-0.15, -0.1) is 0 Å². The number of halogens is 1. The number of aryl methyl sites for hydroxylation is 1. The van der Waals surface area contributed by atoms with Gasteiger partial charge in [0.05, 0.1) is 0 Å². The number of nitrogens with zero attached hydrogens (tertiary/aromatic N) is 2. The third-order valence-electron chi connectivity index (χ3n) is 3.29. The van der Waals surface area contributed by atoms with Crippen molar-refractivity contribution in [3.8, 4) is 22.8 Å². The summed E-state index contributed by atoms with van der Waals surface area (Å²) in [6.45, 7) is 2.13. The Bertz CT molecular complexity index is 765. The van der Waals surface area contributed by atoms with Crippen molar-refractivity contribution in [2.75, 3.05) is 5.73 Å². The maximum absolute atomic E-state index is 5.78. The molecule has 1 aromatic heterocycles. The monoisotopic (exact) mass is 343 g/mol. The van der Waals surface area contributed by atoms with Gasteiger partial charge in [0.25, 0.3) is 5.89 Å². The molecule has 0 unspecified atom stereocenters. The van der Waals surface area contributed by atoms with E-state index < -0.39 is 0 Å². The lowest BCUT2D eigenvalue weighted by atomic mass is 10.1. The van der Waals surface area contributed by atoms with Gasteiger partial charge in [0, 0.05) is 21.3 Å². The highest BCUT2D eigenvalue weighted by atomic mass is 79.9. The molecule has 0 saturated heterocycles. The van der Waals surface area contributed by atoms with Crippen LogP contribution < -0.4 is 5.73 Å². The van der Waals surface area contributed by atoms with Gasteiger partial charge in [0.1, 0.15) is 0 Å². The first kappa shape index (κ1) is 13.8. The maximum Gasteiger partial charge on any atom is 0.258 e. The van der Waals surface area contributed by atoms with Crippen LogP contribution in [0.1, 0.15) is 12.5 Å². The second-order valence-electron chi connectivity index (χ2n) is 4.71. The molecule has 0 amide bonds. The van der Waals surface area contributed by atoms with E-state index in [-0.39, 0.29) is 0 Å². The highest BCUT2D eigenvalue weighted by Crippen LogP contribution is 2.27. The number of anilines is 1. The molecule has 5 heteroatoms. The van der Waals surface area contributed by atoms with E-state index in [0.717, 1.165) is 22.0 Å². The van der Waals surface area contributed by atoms with Crippen LogP contribution in [0, 0.1) is 0 Å². The summed E-state index contributed by atoms with van der Waals surface area (Å²) in [5, 5.41) is 4.04. The molecular formula is C16H14BrN3O. The molecule has 0 aliphatic heterocycles. The van der Waals surface area contributed by atoms with Crippen LogP contribution in [0.5, 0.6) is 0 Å². The average molecular weight is 344 g/mol. The molecule has 0 aliphatic rings. The van der Waals surface area contributed by atoms with Gasteiger partial charge < -0.3 is 10.3 Å². The van der Waals surface area contributed by atoms with Gasteiger partial charge in [0.15, 0.2) is 0 Å². The molecule has 21 heavy (non-hydrogen) atoms. The lowest BCUT2D eigenvalue weighted by Crippen LogP contribution is -1.87. The van der Waals surface area contributed by atoms with Crippen molar-refractivity contribution in [3.05, 3.63) is 52.5 Å². The minimum Gasteiger partial charge on any atom is -0.398 e. The summed E-state index contributed by atoms with van der Waals surface area (Å²) in [6.07, 6.45) is 1.01. The molecule has 4 nitrogen and oxygen atoms in total. The van der Waals surface area contributed by atoms with Crippen LogP contribution in [0.2, 0.25) is 0 Å². The van der Waals surface area contributed by atoms with E-state index in [4.69, 9.17) is 10.3 Å². The minimum atomic E-state index is 0.477. The van der Waals surface area contributed by atoms with E-state index in [0.29, 0.717) is 17.4 Å². The van der Waals surface area contributed by atoms with Gasteiger partial charge in [-0.05, 0) is 46.1 Å². The zero-order chi connectivity index (χ0) is 14.8. The predicted molar refractivity (Wildman–Crippen MR) is 86.7 cm³/mol. The fourth-order valence-electron chi connectivity index (χ4n) is 2.01. The van der Waals surface area contributed by atoms with Crippen molar-refractivity contribution in [1.29, 1.82) is 0 Å². The van der Waals surface area contributed by atoms with E-state index in [2.05, 4.69) is 45.1 Å². The molecule has 0 aliphatic carbocycles. The van der Waals surface area contributed by atoms with Crippen LogP contribution in [-0.2, 0) is 6.42 Å². The molecule has 0 spiro atoms. The first-order chi connectivity index (χ1) is 10.2. The van der Waals surface area contributed by atoms with Gasteiger partial charge >= 0.3 is 0 Å². The van der Waals surface area contributed by atoms with Crippen molar-refractivity contribution >= 4 is 21.6 Å². The number of nitrogen functional groups attached to an aromatic ring is 1. The standard InChI is InChI=1S/C16H14BrN3O/c1-2-10-3-5-11(6-4-10)15-19-16(21-20-15)12-7-8-14(18)13(17)9-12/h3-9H,2,18H2,1H3. The fourth-order valence-corrected chi connectivity index (χ4v) is 2.39. The zero-order valence-electron chi connectivity index (χ0n) is 11.5. The zero-order valence-corrected chi connectivity index (χ0v) is 13.1. The summed E-state index contributed by atoms with van der Waals surface area (Å²) in [4.78, 5) is 4.44. The van der Waals surface area contributed by atoms with Crippen LogP contribution in [0.4, 0.5) is 5.69 Å². The Balaban J connectivity index is 1.93. The van der Waals surface area contributed by atoms with Crippen molar-refractivity contribution in [2.24, 2.45) is 0 Å². The highest BCUT2D eigenvalue weighted by molar-refractivity contribution is 9.10. The Labute approximate surface area is 131 Å². The summed E-state index contributed by atoms with van der Waals surface area (Å²) in [6, 6.07) is 13.7. The molecule has 0 bridgehead atoms. The third kappa shape index (κ3) is 2.83. The number of benzene rings is 2. The quantitative estimate of drug-likeness (QED) is 0.719. The number of hydrogen-bond acceptors (Lipinski definition) is 4. The molecule has 0 radical (unpaired) electrons. The second kappa shape index (κ2) is 5.69. The lowest BCUT2D eigenvalue weighted by Gasteiger charge is -1.99. The Hall–Kier alpha value is -2.14. The molecule has 3 aromatic rings. The fraction of sp³-hybridized carbons (Fsp3) is 0.125. The highest BCUT2D eigenvalue weighted by Gasteiger charge is 2.11. The predicted octanol–water partition coefficient (Wildman–Crippen LogP) is 4.31. The van der Waals surface area contributed by atoms with Gasteiger partial charge in [-0.3, -0.25) is 0 Å². The normalized spacial score (nSPS) is 10.8. The molecule has 0 fully saturated rings. The molecule has 2 aromatic carbocycles. The molecule has 3 rings (SSSR count). The van der Waals surface area contributed by atoms with Crippen LogP contribution >= 0.6 is 15.9 Å². The van der Waals surface area contributed by atoms with Crippen LogP contribution in [0.3, 0.4) is 0 Å². The van der Waals surface area contributed by atoms with Crippen molar-refractivity contribution in [1.82, 2.24) is 10.1 Å². The maximum atomic E-state index is 5.78. The smallest absolute Gasteiger partial charge is 0.258 e. The summed E-state index contributed by atoms with van der Waals surface area (Å²) in [5.41, 5.74) is 9.51. The van der Waals surface area contributed by atoms with E-state index >= 15 is 0 Å². The third-order valence-corrected chi connectivity index (χ3v) is 3.98. The number of rotatable bonds is 3. The molecular weight excluding hydrogens is 330 g/mol. The van der Waals surface area contributed by atoms with Gasteiger partial charge in [-0.2, -0.15) is 4.98 Å². The number of aromatic nitrogens is 2. The SMILES string of the molecule is CCc1ccc(-c2noc(-c3ccc(N)c(Br)c3)n2)cc1. The van der Waals surface area contributed by atoms with E-state index in [9.17, 15) is 0 Å². The summed E-state index contributed by atoms with van der Waals surface area (Å²) >= 11 is 3.40. The molecule has 0 saturated carbocycles. The topological polar surface area (TPSA) is 64.9 Å². The Morgan fingerprint density at radius 2 is 1.81 bits per heavy atom. The Morgan fingerprint density at radius 1 is 1.10 bits per heavy atom. The van der Waals surface area contributed by atoms with Crippen LogP contribution in [0.25, 0.3) is 22.8 Å². The largest absolute Gasteiger partial charge is 0.398 e. The van der Waals surface area contributed by atoms with Gasteiger partial charge in [0.2, 0.25) is 5.82 Å². The average Bonchev–Trinajstić information content (AvgIpc) is 3.00. The minimum absolute atomic E-state index is 0.477. The summed E-state index contributed by atoms with van der Waals surface area (Å²) < 4.78 is 6.15. The van der Waals surface area contributed by atoms with Gasteiger partial charge in [-0.25, -0.2) is 0 Å². The number of nitrogens with two attached hydrogens (primary N) is 1. The molecule has 2 N–H and O–H groups in total.